The van der Waals surface area contributed by atoms with Crippen LogP contribution in [-0.2, 0) is 4.74 Å². The Morgan fingerprint density at radius 1 is 1.06 bits per heavy atom. The average molecular weight is 570 g/mol. The highest BCUT2D eigenvalue weighted by atomic mass is 127. The summed E-state index contributed by atoms with van der Waals surface area (Å²) in [5, 5.41) is 10.6. The van der Waals surface area contributed by atoms with Gasteiger partial charge in [-0.15, -0.1) is 24.0 Å². The Balaban J connectivity index is 0.00000385. The summed E-state index contributed by atoms with van der Waals surface area (Å²) >= 11 is 0. The van der Waals surface area contributed by atoms with Crippen LogP contribution in [0.4, 0.5) is 4.39 Å². The van der Waals surface area contributed by atoms with Crippen molar-refractivity contribution in [2.24, 2.45) is 4.99 Å². The molecule has 1 heterocycles. The normalized spacial score (nSPS) is 17.4. The lowest BCUT2D eigenvalue weighted by molar-refractivity contribution is 0.0354. The summed E-state index contributed by atoms with van der Waals surface area (Å²) in [7, 11) is 1.74. The third-order valence-electron chi connectivity index (χ3n) is 5.81. The van der Waals surface area contributed by atoms with Gasteiger partial charge in [-0.2, -0.15) is 0 Å². The molecule has 0 aromatic heterocycles. The van der Waals surface area contributed by atoms with Crippen LogP contribution in [-0.4, -0.2) is 51.0 Å². The van der Waals surface area contributed by atoms with E-state index in [0.29, 0.717) is 12.5 Å². The molecule has 0 bridgehead atoms. The Kier molecular flexibility index (Phi) is 11.4. The molecule has 3 rings (SSSR count). The number of hydrogen-bond acceptors (Lipinski definition) is 4. The van der Waals surface area contributed by atoms with Gasteiger partial charge in [0.2, 0.25) is 0 Å². The molecular weight excluding hydrogens is 534 g/mol. The van der Waals surface area contributed by atoms with Crippen molar-refractivity contribution in [1.82, 2.24) is 16.0 Å². The van der Waals surface area contributed by atoms with Crippen LogP contribution in [0.5, 0.6) is 5.75 Å². The molecule has 0 radical (unpaired) electrons. The van der Waals surface area contributed by atoms with E-state index in [1.165, 1.54) is 11.6 Å². The molecule has 2 atom stereocenters. The lowest BCUT2D eigenvalue weighted by Crippen LogP contribution is -2.58. The van der Waals surface area contributed by atoms with Gasteiger partial charge in [-0.1, -0.05) is 42.5 Å². The standard InChI is InChI=1S/C25H35FN4O2.HI/c1-19(32-23-12-8-7-11-22(23)26)17-28-24(27-3)29-18-25(13-15-31-16-14-25)30-20(2)21-9-5-4-6-10-21;/h4-12,19-20,30H,13-18H2,1-3H3,(H2,27,28,29);1H. The number of benzene rings is 2. The number of rotatable bonds is 9. The first-order valence-electron chi connectivity index (χ1n) is 11.3. The van der Waals surface area contributed by atoms with Gasteiger partial charge >= 0.3 is 0 Å². The van der Waals surface area contributed by atoms with Gasteiger partial charge in [0.25, 0.3) is 0 Å². The van der Waals surface area contributed by atoms with E-state index in [-0.39, 0.29) is 53.2 Å². The molecule has 3 N–H and O–H groups in total. The summed E-state index contributed by atoms with van der Waals surface area (Å²) in [4.78, 5) is 4.34. The van der Waals surface area contributed by atoms with Crippen LogP contribution in [0.2, 0.25) is 0 Å². The Morgan fingerprint density at radius 2 is 1.73 bits per heavy atom. The van der Waals surface area contributed by atoms with Gasteiger partial charge in [0, 0.05) is 38.4 Å². The summed E-state index contributed by atoms with van der Waals surface area (Å²) in [6.45, 7) is 6.77. The van der Waals surface area contributed by atoms with Gasteiger partial charge in [0.05, 0.1) is 6.54 Å². The van der Waals surface area contributed by atoms with Crippen LogP contribution < -0.4 is 20.7 Å². The van der Waals surface area contributed by atoms with Crippen molar-refractivity contribution in [3.05, 3.63) is 66.0 Å². The van der Waals surface area contributed by atoms with E-state index >= 15 is 0 Å². The predicted octanol–water partition coefficient (Wildman–Crippen LogP) is 4.28. The first kappa shape index (κ1) is 27.3. The van der Waals surface area contributed by atoms with Crippen molar-refractivity contribution in [2.75, 3.05) is 33.4 Å². The fourth-order valence-electron chi connectivity index (χ4n) is 3.93. The van der Waals surface area contributed by atoms with E-state index in [9.17, 15) is 4.39 Å². The average Bonchev–Trinajstić information content (AvgIpc) is 2.82. The molecule has 0 amide bonds. The van der Waals surface area contributed by atoms with Crippen LogP contribution in [0.15, 0.2) is 59.6 Å². The molecule has 6 nitrogen and oxygen atoms in total. The third kappa shape index (κ3) is 8.42. The minimum Gasteiger partial charge on any atom is -0.486 e. The summed E-state index contributed by atoms with van der Waals surface area (Å²) in [5.74, 6) is 0.584. The molecule has 2 unspecified atom stereocenters. The fourth-order valence-corrected chi connectivity index (χ4v) is 3.93. The topological polar surface area (TPSA) is 66.9 Å². The van der Waals surface area contributed by atoms with Crippen LogP contribution >= 0.6 is 24.0 Å². The molecule has 33 heavy (non-hydrogen) atoms. The Hall–Kier alpha value is -1.91. The van der Waals surface area contributed by atoms with Crippen LogP contribution in [0.1, 0.15) is 38.3 Å². The number of hydrogen-bond donors (Lipinski definition) is 3. The number of nitrogens with zero attached hydrogens (tertiary/aromatic N) is 1. The van der Waals surface area contributed by atoms with E-state index in [0.717, 1.165) is 32.6 Å². The Bertz CT molecular complexity index is 862. The first-order chi connectivity index (χ1) is 15.5. The van der Waals surface area contributed by atoms with Crippen molar-refractivity contribution in [3.63, 3.8) is 0 Å². The summed E-state index contributed by atoms with van der Waals surface area (Å²) in [6, 6.07) is 17.1. The Morgan fingerprint density at radius 3 is 2.39 bits per heavy atom. The number of aliphatic imine (C=N–C) groups is 1. The molecule has 1 fully saturated rings. The lowest BCUT2D eigenvalue weighted by atomic mass is 9.88. The molecule has 8 heteroatoms. The Labute approximate surface area is 213 Å². The molecule has 0 aliphatic carbocycles. The second-order valence-electron chi connectivity index (χ2n) is 8.33. The van der Waals surface area contributed by atoms with E-state index in [1.54, 1.807) is 25.2 Å². The molecule has 0 spiro atoms. The van der Waals surface area contributed by atoms with Crippen molar-refractivity contribution in [3.8, 4) is 5.75 Å². The van der Waals surface area contributed by atoms with Crippen molar-refractivity contribution in [2.45, 2.75) is 44.4 Å². The van der Waals surface area contributed by atoms with Gasteiger partial charge in [0.1, 0.15) is 6.10 Å². The van der Waals surface area contributed by atoms with E-state index in [4.69, 9.17) is 9.47 Å². The molecule has 2 aromatic carbocycles. The monoisotopic (exact) mass is 570 g/mol. The SMILES string of the molecule is CN=C(NCC(C)Oc1ccccc1F)NCC1(NC(C)c2ccccc2)CCOCC1.I. The minimum absolute atomic E-state index is 0. The predicted molar refractivity (Wildman–Crippen MR) is 142 cm³/mol. The van der Waals surface area contributed by atoms with E-state index < -0.39 is 0 Å². The van der Waals surface area contributed by atoms with Crippen molar-refractivity contribution >= 4 is 29.9 Å². The summed E-state index contributed by atoms with van der Waals surface area (Å²) < 4.78 is 25.1. The highest BCUT2D eigenvalue weighted by molar-refractivity contribution is 14.0. The number of ether oxygens (including phenoxy) is 2. The molecular formula is C25H36FIN4O2. The van der Waals surface area contributed by atoms with Gasteiger partial charge in [-0.25, -0.2) is 4.39 Å². The summed E-state index contributed by atoms with van der Waals surface area (Å²) in [5.41, 5.74) is 1.17. The zero-order valence-corrected chi connectivity index (χ0v) is 22.0. The van der Waals surface area contributed by atoms with Gasteiger partial charge in [0.15, 0.2) is 17.5 Å². The molecule has 0 saturated carbocycles. The second-order valence-corrected chi connectivity index (χ2v) is 8.33. The van der Waals surface area contributed by atoms with E-state index in [2.05, 4.69) is 52.1 Å². The van der Waals surface area contributed by atoms with Gasteiger partial charge < -0.3 is 25.4 Å². The number of halogens is 2. The molecule has 1 aliphatic rings. The van der Waals surface area contributed by atoms with Crippen LogP contribution in [0, 0.1) is 5.82 Å². The number of para-hydroxylation sites is 1. The molecule has 1 aliphatic heterocycles. The van der Waals surface area contributed by atoms with Gasteiger partial charge in [-0.05, 0) is 44.4 Å². The maximum atomic E-state index is 13.8. The number of nitrogens with one attached hydrogen (secondary N) is 3. The largest absolute Gasteiger partial charge is 0.486 e. The maximum Gasteiger partial charge on any atom is 0.191 e. The zero-order chi connectivity index (χ0) is 22.8. The minimum atomic E-state index is -0.359. The molecule has 2 aromatic rings. The van der Waals surface area contributed by atoms with Crippen molar-refractivity contribution in [1.29, 1.82) is 0 Å². The van der Waals surface area contributed by atoms with Gasteiger partial charge in [-0.3, -0.25) is 4.99 Å². The van der Waals surface area contributed by atoms with Crippen LogP contribution in [0.25, 0.3) is 0 Å². The second kappa shape index (κ2) is 13.7. The van der Waals surface area contributed by atoms with Crippen molar-refractivity contribution < 1.29 is 13.9 Å². The highest BCUT2D eigenvalue weighted by Crippen LogP contribution is 2.25. The zero-order valence-electron chi connectivity index (χ0n) is 19.6. The fraction of sp³-hybridized carbons (Fsp3) is 0.480. The number of guanidine groups is 1. The molecule has 182 valence electrons. The maximum absolute atomic E-state index is 13.8. The first-order valence-corrected chi connectivity index (χ1v) is 11.3. The summed E-state index contributed by atoms with van der Waals surface area (Å²) in [6.07, 6.45) is 1.61. The molecule has 1 saturated heterocycles. The lowest BCUT2D eigenvalue weighted by Gasteiger charge is -2.41. The third-order valence-corrected chi connectivity index (χ3v) is 5.81. The quantitative estimate of drug-likeness (QED) is 0.239. The highest BCUT2D eigenvalue weighted by Gasteiger charge is 2.34. The van der Waals surface area contributed by atoms with Crippen LogP contribution in [0.3, 0.4) is 0 Å². The van der Waals surface area contributed by atoms with E-state index in [1.807, 2.05) is 13.0 Å². The smallest absolute Gasteiger partial charge is 0.191 e.